The van der Waals surface area contributed by atoms with Gasteiger partial charge in [0.1, 0.15) is 18.9 Å². The predicted octanol–water partition coefficient (Wildman–Crippen LogP) is 3.68. The highest BCUT2D eigenvalue weighted by molar-refractivity contribution is 8.13. The van der Waals surface area contributed by atoms with Gasteiger partial charge in [-0.3, -0.25) is 0 Å². The molecule has 0 N–H and O–H groups in total. The molecule has 2 rings (SSSR count). The minimum atomic E-state index is -6.72. The van der Waals surface area contributed by atoms with Crippen molar-refractivity contribution in [1.29, 1.82) is 0 Å². The summed E-state index contributed by atoms with van der Waals surface area (Å²) < 4.78 is 114. The summed E-state index contributed by atoms with van der Waals surface area (Å²) in [4.78, 5) is 0. The summed E-state index contributed by atoms with van der Waals surface area (Å²) in [5, 5.41) is 0. The van der Waals surface area contributed by atoms with E-state index < -0.39 is 31.1 Å². The molecule has 0 atom stereocenters. The summed E-state index contributed by atoms with van der Waals surface area (Å²) in [6, 6.07) is 10.6. The predicted molar refractivity (Wildman–Crippen MR) is 98.4 cm³/mol. The van der Waals surface area contributed by atoms with E-state index in [-0.39, 0.29) is 0 Å². The number of benzene rings is 1. The van der Waals surface area contributed by atoms with Crippen molar-refractivity contribution in [3.8, 4) is 0 Å². The lowest BCUT2D eigenvalue weighted by Crippen LogP contribution is -2.31. The Labute approximate surface area is 175 Å². The van der Waals surface area contributed by atoms with Gasteiger partial charge >= 0.3 is 11.0 Å². The Bertz CT molecular complexity index is 991. The number of hydrogen-bond donors (Lipinski definition) is 0. The summed E-state index contributed by atoms with van der Waals surface area (Å²) in [5.74, 6) is 0. The molecule has 0 fully saturated rings. The Morgan fingerprint density at radius 1 is 0.935 bits per heavy atom. The summed E-state index contributed by atoms with van der Waals surface area (Å²) >= 11 is 0. The van der Waals surface area contributed by atoms with E-state index in [2.05, 4.69) is 65.1 Å². The molecule has 0 bridgehead atoms. The second-order valence-corrected chi connectivity index (χ2v) is 9.50. The first-order valence-corrected chi connectivity index (χ1v) is 11.4. The average Bonchev–Trinajstić information content (AvgIpc) is 3.06. The van der Waals surface area contributed by atoms with Crippen LogP contribution in [0, 0.1) is 0 Å². The van der Waals surface area contributed by atoms with E-state index in [0.29, 0.717) is 0 Å². The lowest BCUT2D eigenvalue weighted by Gasteiger charge is -2.22. The van der Waals surface area contributed by atoms with Gasteiger partial charge in [-0.1, -0.05) is 43.7 Å². The van der Waals surface area contributed by atoms with Crippen molar-refractivity contribution in [3.05, 3.63) is 58.7 Å². The lowest BCUT2D eigenvalue weighted by molar-refractivity contribution is -0.687. The number of alkyl halides is 6. The van der Waals surface area contributed by atoms with Gasteiger partial charge in [0.15, 0.2) is 20.0 Å². The van der Waals surface area contributed by atoms with Crippen LogP contribution in [0.5, 0.6) is 0 Å². The van der Waals surface area contributed by atoms with Gasteiger partial charge in [0.05, 0.1) is 6.54 Å². The minimum absolute atomic E-state index is 0.778. The zero-order valence-corrected chi connectivity index (χ0v) is 17.6. The number of imidazole rings is 1. The largest absolute Gasteiger partial charge is 0.480 e. The number of hydrogen-bond acceptors (Lipinski definition) is 4. The van der Waals surface area contributed by atoms with Gasteiger partial charge in [-0.2, -0.15) is 26.3 Å². The summed E-state index contributed by atoms with van der Waals surface area (Å²) in [6.45, 7) is 4.31. The van der Waals surface area contributed by atoms with Crippen molar-refractivity contribution in [1.82, 2.24) is 4.57 Å². The molecule has 2 aromatic rings. The topological polar surface area (TPSA) is 91.2 Å². The van der Waals surface area contributed by atoms with Crippen LogP contribution in [0.4, 0.5) is 26.3 Å². The lowest BCUT2D eigenvalue weighted by atomic mass is 10.2. The second kappa shape index (κ2) is 10.5. The normalized spacial score (nSPS) is 12.9. The molecule has 0 unspecified atom stereocenters. The van der Waals surface area contributed by atoms with Gasteiger partial charge < -0.3 is 4.13 Å². The maximum absolute atomic E-state index is 11.4. The highest BCUT2D eigenvalue weighted by Gasteiger charge is 2.46. The van der Waals surface area contributed by atoms with Crippen LogP contribution in [-0.4, -0.2) is 32.4 Å². The van der Waals surface area contributed by atoms with E-state index in [1.165, 1.54) is 18.4 Å². The van der Waals surface area contributed by atoms with Crippen LogP contribution in [0.3, 0.4) is 0 Å². The molecule has 0 aliphatic rings. The fourth-order valence-electron chi connectivity index (χ4n) is 2.01. The van der Waals surface area contributed by atoms with Crippen LogP contribution in [0.1, 0.15) is 25.3 Å². The van der Waals surface area contributed by atoms with Crippen LogP contribution in [0.25, 0.3) is 4.13 Å². The van der Waals surface area contributed by atoms with Crippen LogP contribution < -0.4 is 4.57 Å². The molecule has 31 heavy (non-hydrogen) atoms. The molecule has 1 heterocycles. The molecule has 0 saturated carbocycles. The molecule has 0 aliphatic heterocycles. The third kappa shape index (κ3) is 8.49. The van der Waals surface area contributed by atoms with Gasteiger partial charge in [0, 0.05) is 0 Å². The van der Waals surface area contributed by atoms with Crippen LogP contribution in [-0.2, 0) is 33.1 Å². The molecule has 0 aliphatic carbocycles. The second-order valence-electron chi connectivity index (χ2n) is 6.08. The van der Waals surface area contributed by atoms with E-state index in [1.807, 2.05) is 0 Å². The standard InChI is InChI=1S/C14H19N2.C2F6NO4S2/c1-2-3-9-15-10-11-16(13-15)12-14-7-5-4-6-8-14;3-1(4,5)14(10,11)9-15(12,13)2(6,7)8/h4-8,10-11,13H,2-3,9,12H2,1H3;/q+1;-1. The van der Waals surface area contributed by atoms with Crippen molar-refractivity contribution in [2.75, 3.05) is 0 Å². The monoisotopic (exact) mass is 495 g/mol. The number of aryl methyl sites for hydroxylation is 1. The van der Waals surface area contributed by atoms with Crippen LogP contribution in [0.15, 0.2) is 49.1 Å². The fraction of sp³-hybridized carbons (Fsp3) is 0.438. The molecule has 0 saturated heterocycles. The van der Waals surface area contributed by atoms with Gasteiger partial charge in [-0.05, 0) is 12.0 Å². The molecule has 1 aromatic heterocycles. The molecule has 15 heteroatoms. The summed E-state index contributed by atoms with van der Waals surface area (Å²) in [7, 11) is -13.4. The first-order valence-electron chi connectivity index (χ1n) is 8.54. The fourth-order valence-corrected chi connectivity index (χ4v) is 3.72. The van der Waals surface area contributed by atoms with Crippen LogP contribution >= 0.6 is 0 Å². The zero-order chi connectivity index (χ0) is 23.9. The number of sulfonamides is 2. The molecular weight excluding hydrogens is 476 g/mol. The van der Waals surface area contributed by atoms with Gasteiger partial charge in [-0.15, -0.1) is 0 Å². The molecule has 0 amide bonds. The highest BCUT2D eigenvalue weighted by atomic mass is 32.3. The maximum atomic E-state index is 11.4. The Balaban J connectivity index is 0.000000311. The van der Waals surface area contributed by atoms with Gasteiger partial charge in [-0.25, -0.2) is 26.0 Å². The van der Waals surface area contributed by atoms with Crippen molar-refractivity contribution in [2.24, 2.45) is 0 Å². The first-order chi connectivity index (χ1) is 14.1. The maximum Gasteiger partial charge on any atom is 0.480 e. The number of nitrogens with zero attached hydrogens (tertiary/aromatic N) is 3. The van der Waals surface area contributed by atoms with Gasteiger partial charge in [0.2, 0.25) is 6.33 Å². The third-order valence-corrected chi connectivity index (χ3v) is 6.25. The summed E-state index contributed by atoms with van der Waals surface area (Å²) in [5.41, 5.74) is -11.1. The van der Waals surface area contributed by atoms with Crippen molar-refractivity contribution < 1.29 is 47.7 Å². The molecule has 0 radical (unpaired) electrons. The first kappa shape index (κ1) is 26.9. The SMILES string of the molecule is CCCCn1cc[n+](Cc2ccccc2)c1.O=S(=O)([N-]S(=O)(=O)C(F)(F)F)C(F)(F)F. The third-order valence-electron chi connectivity index (χ3n) is 3.51. The molecule has 0 spiro atoms. The van der Waals surface area contributed by atoms with Crippen molar-refractivity contribution in [3.63, 3.8) is 0 Å². The average molecular weight is 495 g/mol. The number of halogens is 6. The number of unbranched alkanes of at least 4 members (excludes halogenated alkanes) is 1. The highest BCUT2D eigenvalue weighted by Crippen LogP contribution is 2.36. The molecule has 176 valence electrons. The number of rotatable bonds is 7. The number of aromatic nitrogens is 2. The minimum Gasteiger partial charge on any atom is -0.421 e. The van der Waals surface area contributed by atoms with E-state index in [9.17, 15) is 43.2 Å². The summed E-state index contributed by atoms with van der Waals surface area (Å²) in [6.07, 6.45) is 8.97. The van der Waals surface area contributed by atoms with E-state index in [0.717, 1.165) is 17.2 Å². The Morgan fingerprint density at radius 3 is 1.90 bits per heavy atom. The van der Waals surface area contributed by atoms with E-state index in [4.69, 9.17) is 0 Å². The van der Waals surface area contributed by atoms with Crippen molar-refractivity contribution >= 4 is 20.0 Å². The Hall–Kier alpha value is -2.13. The molecular formula is C16H19F6N3O4S2. The smallest absolute Gasteiger partial charge is 0.421 e. The molecule has 7 nitrogen and oxygen atoms in total. The quantitative estimate of drug-likeness (QED) is 0.433. The van der Waals surface area contributed by atoms with Crippen LogP contribution in [0.2, 0.25) is 0 Å². The molecule has 1 aromatic carbocycles. The van der Waals surface area contributed by atoms with E-state index in [1.54, 1.807) is 0 Å². The van der Waals surface area contributed by atoms with Gasteiger partial charge in [0.25, 0.3) is 0 Å². The Morgan fingerprint density at radius 2 is 1.45 bits per heavy atom. The Kier molecular flexibility index (Phi) is 9.07. The van der Waals surface area contributed by atoms with E-state index >= 15 is 0 Å². The van der Waals surface area contributed by atoms with Crippen molar-refractivity contribution in [2.45, 2.75) is 43.9 Å². The zero-order valence-electron chi connectivity index (χ0n) is 16.0.